The van der Waals surface area contributed by atoms with Crippen LogP contribution in [0, 0.1) is 5.92 Å². The Morgan fingerprint density at radius 3 is 3.19 bits per heavy atom. The van der Waals surface area contributed by atoms with Gasteiger partial charge in [0, 0.05) is 31.6 Å². The van der Waals surface area contributed by atoms with E-state index in [1.807, 2.05) is 0 Å². The molecule has 0 spiro atoms. The van der Waals surface area contributed by atoms with Gasteiger partial charge in [0.2, 0.25) is 0 Å². The van der Waals surface area contributed by atoms with E-state index in [1.165, 1.54) is 0 Å². The van der Waals surface area contributed by atoms with Crippen molar-refractivity contribution in [3.63, 3.8) is 0 Å². The van der Waals surface area contributed by atoms with Crippen LogP contribution in [-0.4, -0.2) is 52.0 Å². The molecule has 0 aliphatic carbocycles. The van der Waals surface area contributed by atoms with Crippen molar-refractivity contribution in [3.05, 3.63) is 12.2 Å². The molecule has 16 heavy (non-hydrogen) atoms. The quantitative estimate of drug-likeness (QED) is 0.701. The van der Waals surface area contributed by atoms with Gasteiger partial charge in [-0.3, -0.25) is 4.90 Å². The normalized spacial score (nSPS) is 30.6. The number of nitrogens with two attached hydrogens (primary N) is 1. The second-order valence-electron chi connectivity index (χ2n) is 4.64. The molecule has 88 valence electrons. The fraction of sp³-hybridized carbons (Fsp3) is 0.800. The van der Waals surface area contributed by atoms with E-state index in [2.05, 4.69) is 19.7 Å². The Hall–Kier alpha value is -0.980. The van der Waals surface area contributed by atoms with E-state index >= 15 is 0 Å². The van der Waals surface area contributed by atoms with Gasteiger partial charge in [-0.25, -0.2) is 0 Å². The first-order chi connectivity index (χ1) is 7.83. The molecule has 1 aromatic rings. The topological polar surface area (TPSA) is 69.2 Å². The van der Waals surface area contributed by atoms with Crippen LogP contribution in [0.1, 0.15) is 5.82 Å². The number of aromatic nitrogens is 3. The molecule has 1 aromatic heterocycles. The van der Waals surface area contributed by atoms with Crippen molar-refractivity contribution in [3.8, 4) is 0 Å². The van der Waals surface area contributed by atoms with Gasteiger partial charge in [0.15, 0.2) is 0 Å². The van der Waals surface area contributed by atoms with Crippen LogP contribution in [0.15, 0.2) is 6.33 Å². The molecule has 1 fully saturated rings. The van der Waals surface area contributed by atoms with Gasteiger partial charge in [0.25, 0.3) is 0 Å². The van der Waals surface area contributed by atoms with Gasteiger partial charge in [-0.15, -0.1) is 10.2 Å². The average molecular weight is 223 g/mol. The minimum atomic E-state index is 0.194. The SMILES string of the molecule is NC1COCC1CN1CCn2cnnc2C1. The Bertz CT molecular complexity index is 366. The molecule has 0 saturated carbocycles. The average Bonchev–Trinajstić information content (AvgIpc) is 2.88. The molecule has 3 heterocycles. The summed E-state index contributed by atoms with van der Waals surface area (Å²) >= 11 is 0. The minimum absolute atomic E-state index is 0.194. The number of ether oxygens (including phenoxy) is 1. The first-order valence-electron chi connectivity index (χ1n) is 5.75. The zero-order chi connectivity index (χ0) is 11.0. The van der Waals surface area contributed by atoms with Crippen molar-refractivity contribution in [2.75, 3.05) is 26.3 Å². The molecule has 2 atom stereocenters. The zero-order valence-corrected chi connectivity index (χ0v) is 9.25. The van der Waals surface area contributed by atoms with Gasteiger partial charge < -0.3 is 15.0 Å². The second kappa shape index (κ2) is 4.12. The van der Waals surface area contributed by atoms with Crippen molar-refractivity contribution in [2.24, 2.45) is 11.7 Å². The first-order valence-corrected chi connectivity index (χ1v) is 5.75. The van der Waals surface area contributed by atoms with Crippen LogP contribution in [0.3, 0.4) is 0 Å². The number of hydrogen-bond donors (Lipinski definition) is 1. The lowest BCUT2D eigenvalue weighted by atomic mass is 10.0. The highest BCUT2D eigenvalue weighted by Crippen LogP contribution is 2.16. The molecule has 2 N–H and O–H groups in total. The third-order valence-corrected chi connectivity index (χ3v) is 3.46. The molecule has 0 amide bonds. The summed E-state index contributed by atoms with van der Waals surface area (Å²) in [4.78, 5) is 2.39. The van der Waals surface area contributed by atoms with E-state index in [1.54, 1.807) is 6.33 Å². The highest BCUT2D eigenvalue weighted by atomic mass is 16.5. The summed E-state index contributed by atoms with van der Waals surface area (Å²) in [6, 6.07) is 0.194. The predicted octanol–water partition coefficient (Wildman–Crippen LogP) is -0.933. The third-order valence-electron chi connectivity index (χ3n) is 3.46. The molecule has 6 heteroatoms. The van der Waals surface area contributed by atoms with Gasteiger partial charge in [0.1, 0.15) is 12.2 Å². The number of fused-ring (bicyclic) bond motifs is 1. The monoisotopic (exact) mass is 223 g/mol. The van der Waals surface area contributed by atoms with Crippen LogP contribution in [-0.2, 0) is 17.8 Å². The molecule has 2 unspecified atom stereocenters. The van der Waals surface area contributed by atoms with E-state index in [4.69, 9.17) is 10.5 Å². The molecule has 6 nitrogen and oxygen atoms in total. The number of hydrogen-bond acceptors (Lipinski definition) is 5. The summed E-state index contributed by atoms with van der Waals surface area (Å²) in [5, 5.41) is 8.03. The Labute approximate surface area is 94.4 Å². The maximum absolute atomic E-state index is 5.99. The molecule has 2 aliphatic heterocycles. The molecule has 2 aliphatic rings. The maximum Gasteiger partial charge on any atom is 0.147 e. The molecule has 3 rings (SSSR count). The summed E-state index contributed by atoms with van der Waals surface area (Å²) in [7, 11) is 0. The standard InChI is InChI=1S/C10H17N5O/c11-9-6-16-5-8(9)3-14-1-2-15-7-12-13-10(15)4-14/h7-9H,1-6,11H2. The van der Waals surface area contributed by atoms with Crippen molar-refractivity contribution in [2.45, 2.75) is 19.1 Å². The van der Waals surface area contributed by atoms with Gasteiger partial charge in [-0.1, -0.05) is 0 Å². The van der Waals surface area contributed by atoms with Gasteiger partial charge in [-0.2, -0.15) is 0 Å². The third kappa shape index (κ3) is 1.83. The molecule has 1 saturated heterocycles. The van der Waals surface area contributed by atoms with Crippen molar-refractivity contribution >= 4 is 0 Å². The minimum Gasteiger partial charge on any atom is -0.379 e. The summed E-state index contributed by atoms with van der Waals surface area (Å²) in [5.41, 5.74) is 5.99. The lowest BCUT2D eigenvalue weighted by Crippen LogP contribution is -2.41. The lowest BCUT2D eigenvalue weighted by molar-refractivity contribution is 0.152. The van der Waals surface area contributed by atoms with Crippen LogP contribution in [0.5, 0.6) is 0 Å². The van der Waals surface area contributed by atoms with Crippen molar-refractivity contribution < 1.29 is 4.74 Å². The van der Waals surface area contributed by atoms with E-state index in [9.17, 15) is 0 Å². The van der Waals surface area contributed by atoms with Crippen LogP contribution in [0.4, 0.5) is 0 Å². The van der Waals surface area contributed by atoms with E-state index < -0.39 is 0 Å². The second-order valence-corrected chi connectivity index (χ2v) is 4.64. The highest BCUT2D eigenvalue weighted by Gasteiger charge is 2.28. The smallest absolute Gasteiger partial charge is 0.147 e. The van der Waals surface area contributed by atoms with Crippen LogP contribution >= 0.6 is 0 Å². The van der Waals surface area contributed by atoms with Crippen molar-refractivity contribution in [1.82, 2.24) is 19.7 Å². The van der Waals surface area contributed by atoms with Gasteiger partial charge >= 0.3 is 0 Å². The zero-order valence-electron chi connectivity index (χ0n) is 9.25. The Morgan fingerprint density at radius 2 is 2.38 bits per heavy atom. The molecular formula is C10H17N5O. The fourth-order valence-electron chi connectivity index (χ4n) is 2.41. The van der Waals surface area contributed by atoms with Crippen LogP contribution in [0.25, 0.3) is 0 Å². The summed E-state index contributed by atoms with van der Waals surface area (Å²) in [6.07, 6.45) is 1.80. The van der Waals surface area contributed by atoms with Crippen LogP contribution in [0.2, 0.25) is 0 Å². The van der Waals surface area contributed by atoms with Crippen LogP contribution < -0.4 is 5.73 Å². The maximum atomic E-state index is 5.99. The lowest BCUT2D eigenvalue weighted by Gasteiger charge is -2.29. The molecular weight excluding hydrogens is 206 g/mol. The number of nitrogens with zero attached hydrogens (tertiary/aromatic N) is 4. The van der Waals surface area contributed by atoms with E-state index in [0.717, 1.165) is 38.6 Å². The Balaban J connectivity index is 1.61. The molecule has 0 bridgehead atoms. The van der Waals surface area contributed by atoms with E-state index in [-0.39, 0.29) is 6.04 Å². The first kappa shape index (κ1) is 10.2. The summed E-state index contributed by atoms with van der Waals surface area (Å²) in [6.45, 7) is 5.41. The molecule has 0 aromatic carbocycles. The highest BCUT2D eigenvalue weighted by molar-refractivity contribution is 4.91. The van der Waals surface area contributed by atoms with Gasteiger partial charge in [-0.05, 0) is 0 Å². The largest absolute Gasteiger partial charge is 0.379 e. The predicted molar refractivity (Wildman–Crippen MR) is 57.6 cm³/mol. The molecule has 0 radical (unpaired) electrons. The number of rotatable bonds is 2. The van der Waals surface area contributed by atoms with Gasteiger partial charge in [0.05, 0.1) is 19.8 Å². The van der Waals surface area contributed by atoms with E-state index in [0.29, 0.717) is 12.5 Å². The Kier molecular flexibility index (Phi) is 2.62. The Morgan fingerprint density at radius 1 is 1.44 bits per heavy atom. The van der Waals surface area contributed by atoms with Crippen molar-refractivity contribution in [1.29, 1.82) is 0 Å². The summed E-state index contributed by atoms with van der Waals surface area (Å²) in [5.74, 6) is 1.52. The summed E-state index contributed by atoms with van der Waals surface area (Å²) < 4.78 is 7.49. The fourth-order valence-corrected chi connectivity index (χ4v) is 2.41.